The number of amides is 1. The minimum atomic E-state index is 0.0895. The molecule has 2 N–H and O–H groups in total. The molecule has 1 amide bonds. The van der Waals surface area contributed by atoms with Crippen LogP contribution < -0.4 is 15.4 Å². The van der Waals surface area contributed by atoms with E-state index < -0.39 is 0 Å². The standard InChI is InChI=1S/C16H26N2O2/c1-5-13(4)18-16(19)10-11-17-14-6-8-15(9-7-14)20-12(2)3/h6-9,12-13,17H,5,10-11H2,1-4H3,(H,18,19). The summed E-state index contributed by atoms with van der Waals surface area (Å²) in [6.07, 6.45) is 1.61. The lowest BCUT2D eigenvalue weighted by molar-refractivity contribution is -0.121. The molecule has 1 atom stereocenters. The maximum absolute atomic E-state index is 11.6. The summed E-state index contributed by atoms with van der Waals surface area (Å²) in [4.78, 5) is 11.6. The number of rotatable bonds is 8. The molecular weight excluding hydrogens is 252 g/mol. The Labute approximate surface area is 121 Å². The zero-order valence-corrected chi connectivity index (χ0v) is 12.9. The average molecular weight is 278 g/mol. The van der Waals surface area contributed by atoms with Crippen molar-refractivity contribution in [2.45, 2.75) is 52.7 Å². The van der Waals surface area contributed by atoms with E-state index >= 15 is 0 Å². The van der Waals surface area contributed by atoms with Crippen LogP contribution in [0.4, 0.5) is 5.69 Å². The van der Waals surface area contributed by atoms with E-state index in [1.807, 2.05) is 45.0 Å². The Balaban J connectivity index is 2.30. The van der Waals surface area contributed by atoms with Crippen molar-refractivity contribution in [2.24, 2.45) is 0 Å². The van der Waals surface area contributed by atoms with Crippen LogP contribution >= 0.6 is 0 Å². The molecule has 1 aromatic carbocycles. The Morgan fingerprint density at radius 3 is 2.40 bits per heavy atom. The third-order valence-corrected chi connectivity index (χ3v) is 2.93. The number of benzene rings is 1. The summed E-state index contributed by atoms with van der Waals surface area (Å²) in [6.45, 7) is 8.71. The van der Waals surface area contributed by atoms with Crippen LogP contribution in [0.5, 0.6) is 5.75 Å². The molecule has 4 nitrogen and oxygen atoms in total. The van der Waals surface area contributed by atoms with Gasteiger partial charge >= 0.3 is 0 Å². The number of nitrogens with one attached hydrogen (secondary N) is 2. The molecule has 0 bridgehead atoms. The lowest BCUT2D eigenvalue weighted by Crippen LogP contribution is -2.32. The summed E-state index contributed by atoms with van der Waals surface area (Å²) in [6, 6.07) is 8.03. The smallest absolute Gasteiger partial charge is 0.221 e. The molecule has 0 aliphatic carbocycles. The highest BCUT2D eigenvalue weighted by Gasteiger charge is 2.04. The predicted octanol–water partition coefficient (Wildman–Crippen LogP) is 3.19. The number of anilines is 1. The Hall–Kier alpha value is -1.71. The molecule has 20 heavy (non-hydrogen) atoms. The number of hydrogen-bond donors (Lipinski definition) is 2. The van der Waals surface area contributed by atoms with Crippen molar-refractivity contribution in [3.63, 3.8) is 0 Å². The summed E-state index contributed by atoms with van der Waals surface area (Å²) in [5.41, 5.74) is 0.998. The van der Waals surface area contributed by atoms with Crippen molar-refractivity contribution in [3.05, 3.63) is 24.3 Å². The fourth-order valence-electron chi connectivity index (χ4n) is 1.69. The molecule has 0 saturated heterocycles. The van der Waals surface area contributed by atoms with Gasteiger partial charge in [0.2, 0.25) is 5.91 Å². The second kappa shape index (κ2) is 8.46. The van der Waals surface area contributed by atoms with Gasteiger partial charge in [-0.15, -0.1) is 0 Å². The quantitative estimate of drug-likeness (QED) is 0.768. The summed E-state index contributed by atoms with van der Waals surface area (Å²) in [7, 11) is 0. The van der Waals surface area contributed by atoms with Crippen molar-refractivity contribution in [1.29, 1.82) is 0 Å². The molecule has 0 aliphatic heterocycles. The second-order valence-corrected chi connectivity index (χ2v) is 5.24. The molecular formula is C16H26N2O2. The molecule has 0 spiro atoms. The molecule has 1 unspecified atom stereocenters. The first-order chi connectivity index (χ1) is 9.51. The number of carbonyl (C=O) groups is 1. The minimum absolute atomic E-state index is 0.0895. The van der Waals surface area contributed by atoms with Crippen LogP contribution in [0.3, 0.4) is 0 Å². The van der Waals surface area contributed by atoms with Crippen LogP contribution in [-0.2, 0) is 4.79 Å². The molecule has 0 aliphatic rings. The third-order valence-electron chi connectivity index (χ3n) is 2.93. The van der Waals surface area contributed by atoms with Crippen LogP contribution in [0.1, 0.15) is 40.5 Å². The predicted molar refractivity (Wildman–Crippen MR) is 83.2 cm³/mol. The zero-order chi connectivity index (χ0) is 15.0. The van der Waals surface area contributed by atoms with E-state index in [0.717, 1.165) is 17.9 Å². The molecule has 0 fully saturated rings. The molecule has 4 heteroatoms. The maximum atomic E-state index is 11.6. The largest absolute Gasteiger partial charge is 0.491 e. The van der Waals surface area contributed by atoms with E-state index in [4.69, 9.17) is 4.74 Å². The number of hydrogen-bond acceptors (Lipinski definition) is 3. The molecule has 0 aromatic heterocycles. The lowest BCUT2D eigenvalue weighted by Gasteiger charge is -2.13. The number of ether oxygens (including phenoxy) is 1. The van der Waals surface area contributed by atoms with Crippen molar-refractivity contribution in [2.75, 3.05) is 11.9 Å². The van der Waals surface area contributed by atoms with Gasteiger partial charge in [0, 0.05) is 24.7 Å². The topological polar surface area (TPSA) is 50.4 Å². The van der Waals surface area contributed by atoms with Crippen molar-refractivity contribution in [1.82, 2.24) is 5.32 Å². The van der Waals surface area contributed by atoms with Gasteiger partial charge in [0.05, 0.1) is 6.10 Å². The Morgan fingerprint density at radius 1 is 1.20 bits per heavy atom. The highest BCUT2D eigenvalue weighted by Crippen LogP contribution is 2.16. The molecule has 0 saturated carbocycles. The van der Waals surface area contributed by atoms with Gasteiger partial charge in [0.15, 0.2) is 0 Å². The van der Waals surface area contributed by atoms with Gasteiger partial charge in [-0.1, -0.05) is 6.92 Å². The van der Waals surface area contributed by atoms with E-state index in [2.05, 4.69) is 17.6 Å². The van der Waals surface area contributed by atoms with Crippen LogP contribution in [-0.4, -0.2) is 24.6 Å². The first-order valence-electron chi connectivity index (χ1n) is 7.31. The van der Waals surface area contributed by atoms with Crippen LogP contribution in [0.25, 0.3) is 0 Å². The Kier molecular flexibility index (Phi) is 6.91. The van der Waals surface area contributed by atoms with Gasteiger partial charge in [-0.25, -0.2) is 0 Å². The molecule has 1 aromatic rings. The van der Waals surface area contributed by atoms with Gasteiger partial charge in [-0.05, 0) is 51.5 Å². The monoisotopic (exact) mass is 278 g/mol. The average Bonchev–Trinajstić information content (AvgIpc) is 2.40. The Bertz CT molecular complexity index is 401. The summed E-state index contributed by atoms with van der Waals surface area (Å²) >= 11 is 0. The molecule has 1 rings (SSSR count). The van der Waals surface area contributed by atoms with Gasteiger partial charge in [-0.3, -0.25) is 4.79 Å². The van der Waals surface area contributed by atoms with Crippen molar-refractivity contribution >= 4 is 11.6 Å². The van der Waals surface area contributed by atoms with Gasteiger partial charge in [0.1, 0.15) is 5.75 Å². The second-order valence-electron chi connectivity index (χ2n) is 5.24. The van der Waals surface area contributed by atoms with Crippen LogP contribution in [0.15, 0.2) is 24.3 Å². The molecule has 0 radical (unpaired) electrons. The van der Waals surface area contributed by atoms with Crippen LogP contribution in [0, 0.1) is 0 Å². The summed E-state index contributed by atoms with van der Waals surface area (Å²) < 4.78 is 5.58. The minimum Gasteiger partial charge on any atom is -0.491 e. The SMILES string of the molecule is CCC(C)NC(=O)CCNc1ccc(OC(C)C)cc1. The summed E-state index contributed by atoms with van der Waals surface area (Å²) in [5.74, 6) is 0.951. The fourth-order valence-corrected chi connectivity index (χ4v) is 1.69. The normalized spacial score (nSPS) is 12.1. The number of carbonyl (C=O) groups excluding carboxylic acids is 1. The van der Waals surface area contributed by atoms with E-state index in [9.17, 15) is 4.79 Å². The van der Waals surface area contributed by atoms with E-state index in [1.165, 1.54) is 0 Å². The highest BCUT2D eigenvalue weighted by atomic mass is 16.5. The van der Waals surface area contributed by atoms with Gasteiger partial charge in [-0.2, -0.15) is 0 Å². The maximum Gasteiger partial charge on any atom is 0.221 e. The van der Waals surface area contributed by atoms with E-state index in [1.54, 1.807) is 0 Å². The fraction of sp³-hybridized carbons (Fsp3) is 0.562. The summed E-state index contributed by atoms with van der Waals surface area (Å²) in [5, 5.41) is 6.18. The van der Waals surface area contributed by atoms with Gasteiger partial charge < -0.3 is 15.4 Å². The first-order valence-corrected chi connectivity index (χ1v) is 7.31. The van der Waals surface area contributed by atoms with E-state index in [-0.39, 0.29) is 18.1 Å². The first kappa shape index (κ1) is 16.3. The Morgan fingerprint density at radius 2 is 1.85 bits per heavy atom. The third kappa shape index (κ3) is 6.45. The van der Waals surface area contributed by atoms with Crippen LogP contribution in [0.2, 0.25) is 0 Å². The zero-order valence-electron chi connectivity index (χ0n) is 12.9. The van der Waals surface area contributed by atoms with Crippen molar-refractivity contribution in [3.8, 4) is 5.75 Å². The molecule has 0 heterocycles. The lowest BCUT2D eigenvalue weighted by atomic mass is 10.2. The highest BCUT2D eigenvalue weighted by molar-refractivity contribution is 5.76. The molecule has 112 valence electrons. The van der Waals surface area contributed by atoms with Gasteiger partial charge in [0.25, 0.3) is 0 Å². The van der Waals surface area contributed by atoms with Crippen molar-refractivity contribution < 1.29 is 9.53 Å². The van der Waals surface area contributed by atoms with E-state index in [0.29, 0.717) is 13.0 Å².